The fourth-order valence-electron chi connectivity index (χ4n) is 3.47. The second-order valence-electron chi connectivity index (χ2n) is 8.52. The van der Waals surface area contributed by atoms with Crippen LogP contribution in [0.15, 0.2) is 60.0 Å². The Morgan fingerprint density at radius 2 is 1.68 bits per heavy atom. The highest BCUT2D eigenvalue weighted by Crippen LogP contribution is 2.50. The van der Waals surface area contributed by atoms with Crippen molar-refractivity contribution in [2.45, 2.75) is 43.2 Å². The molecule has 1 aliphatic heterocycles. The summed E-state index contributed by atoms with van der Waals surface area (Å²) in [4.78, 5) is 12.7. The van der Waals surface area contributed by atoms with Crippen molar-refractivity contribution in [1.82, 2.24) is 15.0 Å². The molecule has 2 unspecified atom stereocenters. The van der Waals surface area contributed by atoms with Gasteiger partial charge in [0.1, 0.15) is 24.6 Å². The fourth-order valence-corrected chi connectivity index (χ4v) is 4.69. The van der Waals surface area contributed by atoms with Crippen LogP contribution in [0.1, 0.15) is 49.7 Å². The van der Waals surface area contributed by atoms with Gasteiger partial charge in [0.2, 0.25) is 6.04 Å². The first-order valence-electron chi connectivity index (χ1n) is 9.71. The van der Waals surface area contributed by atoms with Gasteiger partial charge in [0.15, 0.2) is 0 Å². The minimum absolute atomic E-state index is 0.0625. The van der Waals surface area contributed by atoms with Gasteiger partial charge in [-0.1, -0.05) is 44.5 Å². The van der Waals surface area contributed by atoms with Gasteiger partial charge in [0.25, 0.3) is 16.1 Å². The number of benzene rings is 1. The molecule has 4 rings (SSSR count). The van der Waals surface area contributed by atoms with Gasteiger partial charge < -0.3 is 0 Å². The van der Waals surface area contributed by atoms with Gasteiger partial charge in [0.05, 0.1) is 15.5 Å². The van der Waals surface area contributed by atoms with Crippen LogP contribution in [0.4, 0.5) is 5.82 Å². The molecule has 0 radical (unpaired) electrons. The molecule has 7 nitrogen and oxygen atoms in total. The van der Waals surface area contributed by atoms with Gasteiger partial charge in [-0.15, -0.1) is 0 Å². The molecule has 1 aliphatic rings. The molecule has 0 bridgehead atoms. The fraction of sp³-hybridized carbons (Fsp3) is 0.273. The first-order chi connectivity index (χ1) is 14.6. The summed E-state index contributed by atoms with van der Waals surface area (Å²) in [7, 11) is -3.79. The highest BCUT2D eigenvalue weighted by molar-refractivity contribution is 7.92. The summed E-state index contributed by atoms with van der Waals surface area (Å²) in [6.45, 7) is 10.3. The summed E-state index contributed by atoms with van der Waals surface area (Å²) < 4.78 is 30.1. The zero-order valence-electron chi connectivity index (χ0n) is 17.4. The van der Waals surface area contributed by atoms with Crippen LogP contribution < -0.4 is 4.72 Å². The summed E-state index contributed by atoms with van der Waals surface area (Å²) >= 11 is 6.37. The predicted molar refractivity (Wildman–Crippen MR) is 120 cm³/mol. The van der Waals surface area contributed by atoms with Gasteiger partial charge in [-0.05, 0) is 35.2 Å². The summed E-state index contributed by atoms with van der Waals surface area (Å²) in [5.41, 5.74) is 2.44. The number of aromatic nitrogens is 3. The van der Waals surface area contributed by atoms with Crippen LogP contribution in [0, 0.1) is 0 Å². The summed E-state index contributed by atoms with van der Waals surface area (Å²) in [5.74, 6) is 0.197. The van der Waals surface area contributed by atoms with Gasteiger partial charge >= 0.3 is 0 Å². The van der Waals surface area contributed by atoms with Gasteiger partial charge in [-0.3, -0.25) is 4.72 Å². The van der Waals surface area contributed by atoms with E-state index in [1.54, 1.807) is 36.7 Å². The van der Waals surface area contributed by atoms with E-state index in [2.05, 4.69) is 47.2 Å². The van der Waals surface area contributed by atoms with E-state index in [0.29, 0.717) is 10.7 Å². The van der Waals surface area contributed by atoms with E-state index in [1.165, 1.54) is 6.33 Å². The number of halogens is 1. The van der Waals surface area contributed by atoms with Crippen LogP contribution in [0.25, 0.3) is 0 Å². The van der Waals surface area contributed by atoms with Crippen molar-refractivity contribution in [1.29, 1.82) is 0 Å². The first-order valence-corrected chi connectivity index (χ1v) is 11.6. The molecule has 31 heavy (non-hydrogen) atoms. The molecule has 1 N–H and O–H groups in total. The maximum Gasteiger partial charge on any atom is 0.263 e. The Morgan fingerprint density at radius 1 is 1.03 bits per heavy atom. The lowest BCUT2D eigenvalue weighted by molar-refractivity contribution is -0.377. The number of pyridine rings is 1. The van der Waals surface area contributed by atoms with Crippen molar-refractivity contribution < 1.29 is 13.0 Å². The molecule has 1 saturated heterocycles. The second-order valence-corrected chi connectivity index (χ2v) is 10.6. The SMILES string of the molecule is C=[N+]1C(c2cncnc2)C1c1nc(NS(=O)(=O)c2ccc(C(C)(C)C)cc2)ccc1Cl. The van der Waals surface area contributed by atoms with Crippen molar-refractivity contribution in [2.75, 3.05) is 4.72 Å². The summed E-state index contributed by atoms with van der Waals surface area (Å²) in [6, 6.07) is 9.78. The molecule has 2 aromatic heterocycles. The number of nitrogens with zero attached hydrogens (tertiary/aromatic N) is 4. The Hall–Kier alpha value is -2.84. The van der Waals surface area contributed by atoms with Crippen LogP contribution in [-0.2, 0) is 15.4 Å². The number of nitrogens with one attached hydrogen (secondary N) is 1. The molecule has 0 spiro atoms. The number of sulfonamides is 1. The monoisotopic (exact) mass is 456 g/mol. The molecule has 1 aromatic carbocycles. The number of rotatable bonds is 5. The molecule has 2 atom stereocenters. The van der Waals surface area contributed by atoms with Crippen LogP contribution in [0.3, 0.4) is 0 Å². The van der Waals surface area contributed by atoms with Crippen LogP contribution >= 0.6 is 11.6 Å². The predicted octanol–water partition coefficient (Wildman–Crippen LogP) is 4.13. The standard InChI is InChI=1S/C22H23ClN5O2S/c1-22(2,3)15-5-7-16(8-6-15)31(29,30)27-18-10-9-17(23)19(26-18)21-20(28(21)4)14-11-24-13-25-12-14/h5-13,20-21H,4H2,1-3H3,(H,26,27)/q+1. The Bertz CT molecular complexity index is 1240. The van der Waals surface area contributed by atoms with E-state index in [0.717, 1.165) is 11.1 Å². The Kier molecular flexibility index (Phi) is 5.31. The van der Waals surface area contributed by atoms with Crippen LogP contribution in [-0.4, -0.2) is 34.7 Å². The van der Waals surface area contributed by atoms with Crippen LogP contribution in [0.5, 0.6) is 0 Å². The Labute approximate surface area is 186 Å². The molecule has 3 heterocycles. The number of anilines is 1. The Morgan fingerprint density at radius 3 is 2.29 bits per heavy atom. The molecule has 1 fully saturated rings. The number of hydrogen-bond donors (Lipinski definition) is 1. The van der Waals surface area contributed by atoms with Crippen molar-refractivity contribution in [3.63, 3.8) is 0 Å². The van der Waals surface area contributed by atoms with Crippen LogP contribution in [0.2, 0.25) is 5.02 Å². The van der Waals surface area contributed by atoms with Crippen molar-refractivity contribution in [3.05, 3.63) is 77.0 Å². The molecule has 160 valence electrons. The van der Waals surface area contributed by atoms with Crippen molar-refractivity contribution in [2.24, 2.45) is 0 Å². The lowest BCUT2D eigenvalue weighted by atomic mass is 9.87. The van der Waals surface area contributed by atoms with Gasteiger partial charge in [-0.25, -0.2) is 27.9 Å². The molecule has 0 aliphatic carbocycles. The maximum atomic E-state index is 12.9. The zero-order valence-corrected chi connectivity index (χ0v) is 19.0. The third-order valence-electron chi connectivity index (χ3n) is 5.27. The first kappa shape index (κ1) is 21.4. The molecule has 0 saturated carbocycles. The smallest absolute Gasteiger partial charge is 0.263 e. The molecule has 9 heteroatoms. The van der Waals surface area contributed by atoms with E-state index in [1.807, 2.05) is 16.7 Å². The Balaban J connectivity index is 1.58. The highest BCUT2D eigenvalue weighted by Gasteiger charge is 2.58. The minimum Gasteiger partial charge on any atom is -0.263 e. The zero-order chi connectivity index (χ0) is 22.4. The summed E-state index contributed by atoms with van der Waals surface area (Å²) in [6.07, 6.45) is 4.90. The van der Waals surface area contributed by atoms with E-state index < -0.39 is 10.0 Å². The summed E-state index contributed by atoms with van der Waals surface area (Å²) in [5, 5.41) is 0.440. The average Bonchev–Trinajstić information content (AvgIpc) is 3.40. The normalized spacial score (nSPS) is 18.6. The molecular formula is C22H23ClN5O2S+. The molecular weight excluding hydrogens is 434 g/mol. The van der Waals surface area contributed by atoms with Gasteiger partial charge in [-0.2, -0.15) is 0 Å². The lowest BCUT2D eigenvalue weighted by Gasteiger charge is -2.19. The van der Waals surface area contributed by atoms with E-state index in [9.17, 15) is 8.42 Å². The largest absolute Gasteiger partial charge is 0.263 e. The molecule has 3 aromatic rings. The average molecular weight is 457 g/mol. The minimum atomic E-state index is -3.79. The van der Waals surface area contributed by atoms with Gasteiger partial charge in [0, 0.05) is 12.4 Å². The third kappa shape index (κ3) is 4.31. The number of hydrogen-bond acceptors (Lipinski definition) is 5. The molecule has 0 amide bonds. The van der Waals surface area contributed by atoms with E-state index in [4.69, 9.17) is 11.6 Å². The quantitative estimate of drug-likeness (QED) is 0.460. The topological polar surface area (TPSA) is 87.8 Å². The van der Waals surface area contributed by atoms with Crippen molar-refractivity contribution in [3.8, 4) is 0 Å². The second kappa shape index (κ2) is 7.69. The van der Waals surface area contributed by atoms with Crippen molar-refractivity contribution >= 4 is 34.2 Å². The maximum absolute atomic E-state index is 12.9. The lowest BCUT2D eigenvalue weighted by Crippen LogP contribution is -2.16. The highest BCUT2D eigenvalue weighted by atomic mass is 35.5. The van der Waals surface area contributed by atoms with E-state index in [-0.39, 0.29) is 28.2 Å². The third-order valence-corrected chi connectivity index (χ3v) is 6.96. The van der Waals surface area contributed by atoms with E-state index >= 15 is 0 Å².